The Morgan fingerprint density at radius 3 is 2.26 bits per heavy atom. The van der Waals surface area contributed by atoms with Gasteiger partial charge < -0.3 is 10.0 Å². The maximum Gasteiger partial charge on any atom is 0.325 e. The number of aryl methyl sites for hydroxylation is 2. The molecule has 19 heavy (non-hydrogen) atoms. The molecule has 0 aliphatic heterocycles. The zero-order valence-electron chi connectivity index (χ0n) is 12.6. The van der Waals surface area contributed by atoms with Crippen molar-refractivity contribution in [1.29, 1.82) is 0 Å². The van der Waals surface area contributed by atoms with Gasteiger partial charge in [-0.1, -0.05) is 0 Å². The van der Waals surface area contributed by atoms with E-state index >= 15 is 0 Å². The lowest BCUT2D eigenvalue weighted by Gasteiger charge is -2.26. The average molecular weight is 268 g/mol. The SMILES string of the molecule is Cc1nn(C)c(C)c1C(C(=O)O)N(C)CCN(C)C. The van der Waals surface area contributed by atoms with E-state index in [-0.39, 0.29) is 0 Å². The van der Waals surface area contributed by atoms with Gasteiger partial charge in [-0.15, -0.1) is 0 Å². The van der Waals surface area contributed by atoms with Gasteiger partial charge in [-0.2, -0.15) is 5.10 Å². The van der Waals surface area contributed by atoms with E-state index in [1.807, 2.05) is 51.8 Å². The lowest BCUT2D eigenvalue weighted by atomic mass is 10.0. The standard InChI is InChI=1S/C13H24N4O2/c1-9-11(10(2)17(6)14-9)12(13(18)19)16(5)8-7-15(3)4/h12H,7-8H2,1-6H3,(H,18,19). The van der Waals surface area contributed by atoms with Crippen LogP contribution in [0, 0.1) is 13.8 Å². The number of nitrogens with zero attached hydrogens (tertiary/aromatic N) is 4. The van der Waals surface area contributed by atoms with Crippen LogP contribution >= 0.6 is 0 Å². The predicted octanol–water partition coefficient (Wildman–Crippen LogP) is 0.656. The van der Waals surface area contributed by atoms with Crippen LogP contribution in [0.25, 0.3) is 0 Å². The molecule has 1 aromatic heterocycles. The van der Waals surface area contributed by atoms with Crippen LogP contribution in [0.5, 0.6) is 0 Å². The number of carboxylic acids is 1. The topological polar surface area (TPSA) is 61.6 Å². The molecule has 0 aromatic carbocycles. The number of carboxylic acid groups (broad SMARTS) is 1. The maximum absolute atomic E-state index is 11.6. The summed E-state index contributed by atoms with van der Waals surface area (Å²) in [6, 6.07) is -0.645. The van der Waals surface area contributed by atoms with Crippen molar-refractivity contribution in [3.8, 4) is 0 Å². The number of hydrogen-bond donors (Lipinski definition) is 1. The van der Waals surface area contributed by atoms with E-state index in [1.54, 1.807) is 4.68 Å². The molecule has 0 bridgehead atoms. The molecule has 0 radical (unpaired) electrons. The first-order valence-corrected chi connectivity index (χ1v) is 6.33. The number of aliphatic carboxylic acids is 1. The van der Waals surface area contributed by atoms with Crippen molar-refractivity contribution in [1.82, 2.24) is 19.6 Å². The van der Waals surface area contributed by atoms with Crippen molar-refractivity contribution in [3.63, 3.8) is 0 Å². The molecule has 0 amide bonds. The molecular formula is C13H24N4O2. The van der Waals surface area contributed by atoms with E-state index in [2.05, 4.69) is 5.10 Å². The number of carbonyl (C=O) groups is 1. The van der Waals surface area contributed by atoms with Crippen LogP contribution in [0.2, 0.25) is 0 Å². The van der Waals surface area contributed by atoms with Crippen molar-refractivity contribution in [2.24, 2.45) is 7.05 Å². The van der Waals surface area contributed by atoms with Crippen LogP contribution in [-0.2, 0) is 11.8 Å². The molecule has 1 N–H and O–H groups in total. The van der Waals surface area contributed by atoms with E-state index in [0.717, 1.165) is 23.5 Å². The van der Waals surface area contributed by atoms with Crippen molar-refractivity contribution in [2.75, 3.05) is 34.2 Å². The summed E-state index contributed by atoms with van der Waals surface area (Å²) in [5.41, 5.74) is 2.49. The minimum atomic E-state index is -0.833. The molecule has 0 saturated carbocycles. The normalized spacial score (nSPS) is 13.3. The molecule has 1 unspecified atom stereocenters. The van der Waals surface area contributed by atoms with E-state index in [9.17, 15) is 9.90 Å². The smallest absolute Gasteiger partial charge is 0.325 e. The minimum absolute atomic E-state index is 0.645. The van der Waals surface area contributed by atoms with Crippen LogP contribution in [0.4, 0.5) is 0 Å². The van der Waals surface area contributed by atoms with Crippen LogP contribution in [0.3, 0.4) is 0 Å². The Morgan fingerprint density at radius 2 is 1.89 bits per heavy atom. The second-order valence-electron chi connectivity index (χ2n) is 5.23. The summed E-state index contributed by atoms with van der Waals surface area (Å²) in [5.74, 6) is -0.833. The third kappa shape index (κ3) is 3.54. The second-order valence-corrected chi connectivity index (χ2v) is 5.23. The van der Waals surface area contributed by atoms with Crippen molar-refractivity contribution in [2.45, 2.75) is 19.9 Å². The highest BCUT2D eigenvalue weighted by Gasteiger charge is 2.29. The summed E-state index contributed by atoms with van der Waals surface area (Å²) in [6.07, 6.45) is 0. The molecule has 0 aliphatic carbocycles. The van der Waals surface area contributed by atoms with Gasteiger partial charge in [0.2, 0.25) is 0 Å². The molecule has 0 spiro atoms. The van der Waals surface area contributed by atoms with E-state index in [1.165, 1.54) is 0 Å². The Bertz CT molecular complexity index is 454. The van der Waals surface area contributed by atoms with Crippen LogP contribution in [0.1, 0.15) is 23.0 Å². The van der Waals surface area contributed by atoms with Gasteiger partial charge in [0, 0.05) is 31.4 Å². The Labute approximate surface area is 114 Å². The predicted molar refractivity (Wildman–Crippen MR) is 74.2 cm³/mol. The highest BCUT2D eigenvalue weighted by molar-refractivity contribution is 5.76. The third-order valence-corrected chi connectivity index (χ3v) is 3.41. The molecule has 6 nitrogen and oxygen atoms in total. The quantitative estimate of drug-likeness (QED) is 0.821. The second kappa shape index (κ2) is 6.16. The van der Waals surface area contributed by atoms with Crippen molar-refractivity contribution >= 4 is 5.97 Å². The lowest BCUT2D eigenvalue weighted by molar-refractivity contribution is -0.143. The van der Waals surface area contributed by atoms with Gasteiger partial charge in [0.15, 0.2) is 0 Å². The summed E-state index contributed by atoms with van der Waals surface area (Å²) in [7, 11) is 7.63. The first-order valence-electron chi connectivity index (χ1n) is 6.33. The molecule has 0 fully saturated rings. The first-order chi connectivity index (χ1) is 8.75. The lowest BCUT2D eigenvalue weighted by Crippen LogP contribution is -2.36. The summed E-state index contributed by atoms with van der Waals surface area (Å²) in [5, 5.41) is 13.8. The highest BCUT2D eigenvalue weighted by atomic mass is 16.4. The van der Waals surface area contributed by atoms with Crippen molar-refractivity contribution in [3.05, 3.63) is 17.0 Å². The van der Waals surface area contributed by atoms with Crippen LogP contribution in [-0.4, -0.2) is 64.9 Å². The van der Waals surface area contributed by atoms with Crippen LogP contribution < -0.4 is 0 Å². The zero-order valence-corrected chi connectivity index (χ0v) is 12.6. The van der Waals surface area contributed by atoms with E-state index in [0.29, 0.717) is 6.54 Å². The van der Waals surface area contributed by atoms with Gasteiger partial charge in [0.05, 0.1) is 5.69 Å². The van der Waals surface area contributed by atoms with Gasteiger partial charge >= 0.3 is 5.97 Å². The van der Waals surface area contributed by atoms with E-state index in [4.69, 9.17) is 0 Å². The van der Waals surface area contributed by atoms with Crippen LogP contribution in [0.15, 0.2) is 0 Å². The maximum atomic E-state index is 11.6. The first kappa shape index (κ1) is 15.7. The number of hydrogen-bond acceptors (Lipinski definition) is 4. The van der Waals surface area contributed by atoms with Gasteiger partial charge in [-0.25, -0.2) is 0 Å². The van der Waals surface area contributed by atoms with Gasteiger partial charge in [0.25, 0.3) is 0 Å². The average Bonchev–Trinajstić information content (AvgIpc) is 2.53. The van der Waals surface area contributed by atoms with Gasteiger partial charge in [-0.3, -0.25) is 14.4 Å². The molecule has 0 saturated heterocycles. The fourth-order valence-electron chi connectivity index (χ4n) is 2.20. The molecule has 0 aliphatic rings. The summed E-state index contributed by atoms with van der Waals surface area (Å²) < 4.78 is 1.74. The molecule has 1 rings (SSSR count). The largest absolute Gasteiger partial charge is 0.480 e. The molecule has 1 aromatic rings. The molecule has 1 heterocycles. The molecule has 108 valence electrons. The molecule has 6 heteroatoms. The number of likely N-dealkylation sites (N-methyl/N-ethyl adjacent to an activating group) is 2. The Balaban J connectivity index is 3.04. The molecule has 1 atom stereocenters. The number of rotatable bonds is 6. The summed E-state index contributed by atoms with van der Waals surface area (Å²) in [4.78, 5) is 15.5. The fraction of sp³-hybridized carbons (Fsp3) is 0.692. The molecular weight excluding hydrogens is 244 g/mol. The van der Waals surface area contributed by atoms with Gasteiger partial charge in [-0.05, 0) is 35.0 Å². The highest BCUT2D eigenvalue weighted by Crippen LogP contribution is 2.25. The Hall–Kier alpha value is -1.40. The minimum Gasteiger partial charge on any atom is -0.480 e. The third-order valence-electron chi connectivity index (χ3n) is 3.41. The fourth-order valence-corrected chi connectivity index (χ4v) is 2.20. The number of aromatic nitrogens is 2. The Kier molecular flexibility index (Phi) is 5.08. The summed E-state index contributed by atoms with van der Waals surface area (Å²) in [6.45, 7) is 5.28. The van der Waals surface area contributed by atoms with Gasteiger partial charge in [0.1, 0.15) is 6.04 Å². The Morgan fingerprint density at radius 1 is 1.32 bits per heavy atom. The zero-order chi connectivity index (χ0) is 14.7. The summed E-state index contributed by atoms with van der Waals surface area (Å²) >= 11 is 0. The van der Waals surface area contributed by atoms with E-state index < -0.39 is 12.0 Å². The monoisotopic (exact) mass is 268 g/mol. The van der Waals surface area contributed by atoms with Crippen molar-refractivity contribution < 1.29 is 9.90 Å².